The van der Waals surface area contributed by atoms with Crippen LogP contribution in [0.25, 0.3) is 0 Å². The fourth-order valence-electron chi connectivity index (χ4n) is 2.75. The van der Waals surface area contributed by atoms with Gasteiger partial charge in [-0.2, -0.15) is 13.2 Å². The Hall–Kier alpha value is -2.08. The second-order valence-corrected chi connectivity index (χ2v) is 6.58. The number of benzene rings is 2. The van der Waals surface area contributed by atoms with Gasteiger partial charge in [0.05, 0.1) is 12.5 Å². The standard InChI is InChI=1S/C21H24F4O2/c22-19-10-6-17(7-11-19)15-27-20-12-8-16(9-13-20)4-2-1-3-5-18(14-26)21(23,24)25/h6-13,18,26H,1-5,14-15H2. The molecule has 0 saturated carbocycles. The first-order valence-electron chi connectivity index (χ1n) is 9.02. The molecule has 2 aromatic rings. The van der Waals surface area contributed by atoms with Gasteiger partial charge >= 0.3 is 6.18 Å². The van der Waals surface area contributed by atoms with Gasteiger partial charge in [-0.05, 0) is 54.7 Å². The van der Waals surface area contributed by atoms with Crippen molar-refractivity contribution in [3.63, 3.8) is 0 Å². The van der Waals surface area contributed by atoms with Crippen LogP contribution >= 0.6 is 0 Å². The Morgan fingerprint density at radius 2 is 1.48 bits per heavy atom. The number of aliphatic hydroxyl groups excluding tert-OH is 1. The summed E-state index contributed by atoms with van der Waals surface area (Å²) in [5.41, 5.74) is 1.97. The van der Waals surface area contributed by atoms with E-state index in [1.165, 1.54) is 12.1 Å². The maximum Gasteiger partial charge on any atom is 0.394 e. The Balaban J connectivity index is 1.67. The monoisotopic (exact) mass is 384 g/mol. The Bertz CT molecular complexity index is 666. The van der Waals surface area contributed by atoms with Crippen molar-refractivity contribution in [1.29, 1.82) is 0 Å². The molecule has 0 aromatic heterocycles. The molecule has 1 N–H and O–H groups in total. The Labute approximate surface area is 156 Å². The van der Waals surface area contributed by atoms with Gasteiger partial charge in [0.25, 0.3) is 0 Å². The van der Waals surface area contributed by atoms with Crippen molar-refractivity contribution >= 4 is 0 Å². The smallest absolute Gasteiger partial charge is 0.394 e. The van der Waals surface area contributed by atoms with Crippen LogP contribution < -0.4 is 4.74 Å². The second kappa shape index (κ2) is 10.3. The fraction of sp³-hybridized carbons (Fsp3) is 0.429. The molecule has 1 unspecified atom stereocenters. The summed E-state index contributed by atoms with van der Waals surface area (Å²) < 4.78 is 56.1. The van der Waals surface area contributed by atoms with Gasteiger partial charge < -0.3 is 9.84 Å². The van der Waals surface area contributed by atoms with Gasteiger partial charge in [-0.3, -0.25) is 0 Å². The maximum atomic E-state index is 12.9. The summed E-state index contributed by atoms with van der Waals surface area (Å²) in [5, 5.41) is 8.80. The van der Waals surface area contributed by atoms with Crippen molar-refractivity contribution in [2.45, 2.75) is 44.9 Å². The van der Waals surface area contributed by atoms with Crippen LogP contribution in [0.4, 0.5) is 17.6 Å². The van der Waals surface area contributed by atoms with Gasteiger partial charge in [-0.25, -0.2) is 4.39 Å². The normalized spacial score (nSPS) is 12.8. The summed E-state index contributed by atoms with van der Waals surface area (Å²) in [6.45, 7) is -0.492. The zero-order chi connectivity index (χ0) is 19.7. The van der Waals surface area contributed by atoms with E-state index in [2.05, 4.69) is 0 Å². The molecule has 6 heteroatoms. The molecule has 2 aromatic carbocycles. The highest BCUT2D eigenvalue weighted by molar-refractivity contribution is 5.28. The third-order valence-corrected chi connectivity index (χ3v) is 4.44. The molecule has 0 spiro atoms. The molecule has 0 aliphatic rings. The molecule has 1 atom stereocenters. The quantitative estimate of drug-likeness (QED) is 0.422. The molecule has 148 valence electrons. The van der Waals surface area contributed by atoms with Crippen molar-refractivity contribution in [3.05, 3.63) is 65.5 Å². The minimum Gasteiger partial charge on any atom is -0.489 e. The highest BCUT2D eigenvalue weighted by atomic mass is 19.4. The molecule has 0 radical (unpaired) electrons. The lowest BCUT2D eigenvalue weighted by atomic mass is 10.00. The molecule has 0 fully saturated rings. The van der Waals surface area contributed by atoms with Gasteiger partial charge in [-0.1, -0.05) is 37.1 Å². The van der Waals surface area contributed by atoms with E-state index in [0.717, 1.165) is 24.0 Å². The highest BCUT2D eigenvalue weighted by Gasteiger charge is 2.38. The summed E-state index contributed by atoms with van der Waals surface area (Å²) in [5.74, 6) is -1.19. The van der Waals surface area contributed by atoms with Crippen LogP contribution in [-0.2, 0) is 13.0 Å². The van der Waals surface area contributed by atoms with Crippen molar-refractivity contribution < 1.29 is 27.4 Å². The van der Waals surface area contributed by atoms with Crippen LogP contribution in [0.2, 0.25) is 0 Å². The highest BCUT2D eigenvalue weighted by Crippen LogP contribution is 2.30. The molecule has 0 aliphatic carbocycles. The minimum absolute atomic E-state index is 0.0316. The van der Waals surface area contributed by atoms with Crippen LogP contribution in [0.5, 0.6) is 5.75 Å². The lowest BCUT2D eigenvalue weighted by Crippen LogP contribution is -2.26. The molecule has 2 rings (SSSR count). The predicted molar refractivity (Wildman–Crippen MR) is 96.0 cm³/mol. The Morgan fingerprint density at radius 1 is 0.852 bits per heavy atom. The van der Waals surface area contributed by atoms with Crippen molar-refractivity contribution in [2.24, 2.45) is 5.92 Å². The van der Waals surface area contributed by atoms with Gasteiger partial charge in [0, 0.05) is 0 Å². The van der Waals surface area contributed by atoms with E-state index < -0.39 is 18.7 Å². The summed E-state index contributed by atoms with van der Waals surface area (Å²) >= 11 is 0. The third kappa shape index (κ3) is 7.59. The number of aliphatic hydroxyl groups is 1. The van der Waals surface area contributed by atoms with Gasteiger partial charge in [0.15, 0.2) is 0 Å². The SMILES string of the molecule is OCC(CCCCCc1ccc(OCc2ccc(F)cc2)cc1)C(F)(F)F. The molecule has 2 nitrogen and oxygen atoms in total. The van der Waals surface area contributed by atoms with Crippen LogP contribution in [-0.4, -0.2) is 17.9 Å². The van der Waals surface area contributed by atoms with Crippen molar-refractivity contribution in [3.8, 4) is 5.75 Å². The van der Waals surface area contributed by atoms with Crippen molar-refractivity contribution in [1.82, 2.24) is 0 Å². The van der Waals surface area contributed by atoms with Crippen LogP contribution in [0.3, 0.4) is 0 Å². The first-order chi connectivity index (χ1) is 12.9. The van der Waals surface area contributed by atoms with E-state index in [0.29, 0.717) is 25.2 Å². The van der Waals surface area contributed by atoms with E-state index in [1.807, 2.05) is 24.3 Å². The number of ether oxygens (including phenoxy) is 1. The van der Waals surface area contributed by atoms with E-state index in [9.17, 15) is 17.6 Å². The molecular weight excluding hydrogens is 360 g/mol. The summed E-state index contributed by atoms with van der Waals surface area (Å²) in [6, 6.07) is 13.7. The van der Waals surface area contributed by atoms with Gasteiger partial charge in [-0.15, -0.1) is 0 Å². The van der Waals surface area contributed by atoms with Crippen LogP contribution in [0, 0.1) is 11.7 Å². The van der Waals surface area contributed by atoms with Gasteiger partial charge in [0.2, 0.25) is 0 Å². The molecule has 27 heavy (non-hydrogen) atoms. The number of hydrogen-bond donors (Lipinski definition) is 1. The molecule has 0 bridgehead atoms. The Morgan fingerprint density at radius 3 is 2.07 bits per heavy atom. The number of hydrogen-bond acceptors (Lipinski definition) is 2. The maximum absolute atomic E-state index is 12.9. The summed E-state index contributed by atoms with van der Waals surface area (Å²) in [7, 11) is 0. The minimum atomic E-state index is -4.32. The first kappa shape index (κ1) is 21.2. The van der Waals surface area contributed by atoms with Crippen LogP contribution in [0.1, 0.15) is 36.8 Å². The molecule has 0 heterocycles. The summed E-state index contributed by atoms with van der Waals surface area (Å²) in [6.07, 6.45) is -1.63. The number of halogens is 4. The molecular formula is C21H24F4O2. The lowest BCUT2D eigenvalue weighted by Gasteiger charge is -2.17. The Kier molecular flexibility index (Phi) is 8.10. The summed E-state index contributed by atoms with van der Waals surface area (Å²) in [4.78, 5) is 0. The molecule has 0 aliphatic heterocycles. The third-order valence-electron chi connectivity index (χ3n) is 4.44. The van der Waals surface area contributed by atoms with E-state index >= 15 is 0 Å². The number of unbranched alkanes of at least 4 members (excludes halogenated alkanes) is 2. The molecule has 0 saturated heterocycles. The zero-order valence-corrected chi connectivity index (χ0v) is 15.0. The second-order valence-electron chi connectivity index (χ2n) is 6.58. The lowest BCUT2D eigenvalue weighted by molar-refractivity contribution is -0.185. The average molecular weight is 384 g/mol. The number of aryl methyl sites for hydroxylation is 1. The van der Waals surface area contributed by atoms with Gasteiger partial charge in [0.1, 0.15) is 18.2 Å². The van der Waals surface area contributed by atoms with E-state index in [4.69, 9.17) is 9.84 Å². The zero-order valence-electron chi connectivity index (χ0n) is 15.0. The van der Waals surface area contributed by atoms with Crippen LogP contribution in [0.15, 0.2) is 48.5 Å². The van der Waals surface area contributed by atoms with E-state index in [1.54, 1.807) is 12.1 Å². The number of alkyl halides is 3. The topological polar surface area (TPSA) is 29.5 Å². The first-order valence-corrected chi connectivity index (χ1v) is 9.02. The largest absolute Gasteiger partial charge is 0.489 e. The number of rotatable bonds is 10. The fourth-order valence-corrected chi connectivity index (χ4v) is 2.75. The van der Waals surface area contributed by atoms with Crippen molar-refractivity contribution in [2.75, 3.05) is 6.61 Å². The average Bonchev–Trinajstić information content (AvgIpc) is 2.64. The van der Waals surface area contributed by atoms with E-state index in [-0.39, 0.29) is 12.2 Å². The molecule has 0 amide bonds. The predicted octanol–water partition coefficient (Wildman–Crippen LogP) is 5.68.